The largest absolute Gasteiger partial charge is 0.497 e. The van der Waals surface area contributed by atoms with Gasteiger partial charge in [0.1, 0.15) is 34.5 Å². The first-order chi connectivity index (χ1) is 30.2. The van der Waals surface area contributed by atoms with Gasteiger partial charge in [0.05, 0.1) is 87.6 Å². The Bertz CT molecular complexity index is 2800. The lowest BCUT2D eigenvalue weighted by Crippen LogP contribution is -2.14. The van der Waals surface area contributed by atoms with Crippen LogP contribution in [0, 0.1) is 0 Å². The molecule has 0 aliphatic rings. The van der Waals surface area contributed by atoms with Crippen LogP contribution in [-0.4, -0.2) is 64.4 Å². The third-order valence-corrected chi connectivity index (χ3v) is 10.5. The summed E-state index contributed by atoms with van der Waals surface area (Å²) in [4.78, 5) is 37.9. The molecule has 2 N–H and O–H groups in total. The van der Waals surface area contributed by atoms with Crippen LogP contribution < -0.4 is 39.1 Å². The Kier molecular flexibility index (Phi) is 11.6. The van der Waals surface area contributed by atoms with Crippen molar-refractivity contribution in [1.82, 2.24) is 9.97 Å². The topological polar surface area (TPSA) is 139 Å². The van der Waals surface area contributed by atoms with Crippen LogP contribution in [0.25, 0.3) is 55.4 Å². The molecule has 12 heteroatoms. The van der Waals surface area contributed by atoms with E-state index in [9.17, 15) is 9.59 Å². The van der Waals surface area contributed by atoms with E-state index in [4.69, 9.17) is 38.4 Å². The lowest BCUT2D eigenvalue weighted by atomic mass is 10.0. The van der Waals surface area contributed by atoms with Crippen LogP contribution in [0.15, 0.2) is 133 Å². The third kappa shape index (κ3) is 7.96. The molecule has 6 aromatic carbocycles. The third-order valence-electron chi connectivity index (χ3n) is 10.5. The molecule has 0 unspecified atom stereocenters. The molecule has 2 aromatic heterocycles. The molecule has 0 radical (unpaired) electrons. The molecule has 0 saturated carbocycles. The molecule has 62 heavy (non-hydrogen) atoms. The quantitative estimate of drug-likeness (QED) is 0.115. The summed E-state index contributed by atoms with van der Waals surface area (Å²) < 4.78 is 33.7. The monoisotopic (exact) mass is 826 g/mol. The molecular formula is C50H42N4O8. The van der Waals surface area contributed by atoms with E-state index in [0.29, 0.717) is 101 Å². The van der Waals surface area contributed by atoms with Crippen molar-refractivity contribution in [2.75, 3.05) is 53.3 Å². The maximum Gasteiger partial charge on any atom is 0.256 e. The Morgan fingerprint density at radius 1 is 0.419 bits per heavy atom. The molecule has 310 valence electrons. The second kappa shape index (κ2) is 17.6. The summed E-state index contributed by atoms with van der Waals surface area (Å²) in [5.74, 6) is 2.59. The van der Waals surface area contributed by atoms with E-state index in [1.807, 2.05) is 97.1 Å². The molecule has 0 aliphatic heterocycles. The van der Waals surface area contributed by atoms with E-state index in [2.05, 4.69) is 10.6 Å². The van der Waals surface area contributed by atoms with Crippen LogP contribution in [0.2, 0.25) is 0 Å². The van der Waals surface area contributed by atoms with Crippen molar-refractivity contribution in [3.63, 3.8) is 0 Å². The van der Waals surface area contributed by atoms with Crippen molar-refractivity contribution in [3.05, 3.63) is 145 Å². The van der Waals surface area contributed by atoms with Crippen LogP contribution in [0.4, 0.5) is 11.4 Å². The van der Waals surface area contributed by atoms with Crippen LogP contribution >= 0.6 is 0 Å². The smallest absolute Gasteiger partial charge is 0.256 e. The second-order valence-corrected chi connectivity index (χ2v) is 14.0. The van der Waals surface area contributed by atoms with E-state index in [-0.39, 0.29) is 11.8 Å². The molecule has 0 spiro atoms. The minimum atomic E-state index is -0.345. The summed E-state index contributed by atoms with van der Waals surface area (Å²) >= 11 is 0. The highest BCUT2D eigenvalue weighted by molar-refractivity contribution is 6.15. The van der Waals surface area contributed by atoms with Gasteiger partial charge in [0.15, 0.2) is 0 Å². The van der Waals surface area contributed by atoms with Gasteiger partial charge >= 0.3 is 0 Å². The number of hydrogen-bond acceptors (Lipinski definition) is 10. The molecule has 0 saturated heterocycles. The number of aromatic nitrogens is 2. The number of rotatable bonds is 13. The van der Waals surface area contributed by atoms with Crippen molar-refractivity contribution in [2.24, 2.45) is 0 Å². The van der Waals surface area contributed by atoms with Crippen LogP contribution in [-0.2, 0) is 0 Å². The zero-order valence-electron chi connectivity index (χ0n) is 34.9. The zero-order valence-corrected chi connectivity index (χ0v) is 34.9. The summed E-state index contributed by atoms with van der Waals surface area (Å²) in [6.45, 7) is 0. The number of carbonyl (C=O) groups excluding carboxylic acids is 2. The SMILES string of the molecule is COc1ccc(-c2cc(C(=O)Nc3ccc(-c4ccc(NC(=O)c5cc(-c6ccc(OC)cc6OC)nc6ccccc56)c(OC)c4)cc3OC)c3ccccc3n2)c(OC)c1. The minimum absolute atomic E-state index is 0.345. The molecule has 8 aromatic rings. The highest BCUT2D eigenvalue weighted by Crippen LogP contribution is 2.39. The number of methoxy groups -OCH3 is 6. The molecule has 0 bridgehead atoms. The maximum atomic E-state index is 14.1. The average Bonchev–Trinajstić information content (AvgIpc) is 3.32. The van der Waals surface area contributed by atoms with Gasteiger partial charge < -0.3 is 39.1 Å². The lowest BCUT2D eigenvalue weighted by molar-refractivity contribution is 0.102. The number of para-hydroxylation sites is 2. The van der Waals surface area contributed by atoms with Gasteiger partial charge in [-0.2, -0.15) is 0 Å². The molecule has 2 amide bonds. The Morgan fingerprint density at radius 2 is 0.823 bits per heavy atom. The van der Waals surface area contributed by atoms with E-state index < -0.39 is 0 Å². The molecule has 8 rings (SSSR count). The molecule has 12 nitrogen and oxygen atoms in total. The fraction of sp³-hybridized carbons (Fsp3) is 0.120. The number of amides is 2. The molecule has 0 fully saturated rings. The first kappa shape index (κ1) is 40.7. The summed E-state index contributed by atoms with van der Waals surface area (Å²) in [5, 5.41) is 7.47. The summed E-state index contributed by atoms with van der Waals surface area (Å²) in [6.07, 6.45) is 0. The van der Waals surface area contributed by atoms with Gasteiger partial charge in [-0.3, -0.25) is 9.59 Å². The van der Waals surface area contributed by atoms with Gasteiger partial charge in [0, 0.05) is 34.0 Å². The number of anilines is 2. The summed E-state index contributed by atoms with van der Waals surface area (Å²) in [7, 11) is 9.42. The normalized spacial score (nSPS) is 10.9. The number of pyridine rings is 2. The number of hydrogen-bond donors (Lipinski definition) is 2. The molecule has 2 heterocycles. The Balaban J connectivity index is 1.07. The fourth-order valence-corrected chi connectivity index (χ4v) is 7.35. The van der Waals surface area contributed by atoms with E-state index in [0.717, 1.165) is 11.1 Å². The number of ether oxygens (including phenoxy) is 6. The standard InChI is InChI=1S/C50H42N4O8/c1-57-31-17-19-35(45(25-31)59-3)43-27-37(33-11-7-9-13-39(33)51-43)49(55)53-41-21-15-29(23-47(41)61-5)30-16-22-42(48(24-30)62-6)54-50(56)38-28-44(52-40-14-10-8-12-34(38)40)36-20-18-32(58-2)26-46(36)60-4/h7-28H,1-6H3,(H,53,55)(H,54,56). The van der Waals surface area contributed by atoms with E-state index in [1.54, 1.807) is 79.1 Å². The molecule has 0 aliphatic carbocycles. The Hall–Kier alpha value is -8.12. The van der Waals surface area contributed by atoms with Crippen LogP contribution in [0.1, 0.15) is 20.7 Å². The van der Waals surface area contributed by atoms with Crippen molar-refractivity contribution < 1.29 is 38.0 Å². The van der Waals surface area contributed by atoms with E-state index >= 15 is 0 Å². The van der Waals surface area contributed by atoms with Crippen LogP contribution in [0.5, 0.6) is 34.5 Å². The first-order valence-corrected chi connectivity index (χ1v) is 19.5. The Labute approximate surface area is 358 Å². The number of carbonyl (C=O) groups is 2. The number of benzene rings is 6. The highest BCUT2D eigenvalue weighted by Gasteiger charge is 2.21. The van der Waals surface area contributed by atoms with Gasteiger partial charge in [-0.25, -0.2) is 9.97 Å². The molecular weight excluding hydrogens is 785 g/mol. The maximum absolute atomic E-state index is 14.1. The number of nitrogens with zero attached hydrogens (tertiary/aromatic N) is 2. The predicted molar refractivity (Wildman–Crippen MR) is 241 cm³/mol. The minimum Gasteiger partial charge on any atom is -0.497 e. The van der Waals surface area contributed by atoms with Gasteiger partial charge in [-0.1, -0.05) is 48.5 Å². The van der Waals surface area contributed by atoms with Gasteiger partial charge in [-0.15, -0.1) is 0 Å². The summed E-state index contributed by atoms with van der Waals surface area (Å²) in [6, 6.07) is 40.4. The second-order valence-electron chi connectivity index (χ2n) is 14.0. The van der Waals surface area contributed by atoms with E-state index in [1.165, 1.54) is 0 Å². The van der Waals surface area contributed by atoms with Crippen molar-refractivity contribution in [2.45, 2.75) is 0 Å². The van der Waals surface area contributed by atoms with Crippen molar-refractivity contribution in [1.29, 1.82) is 0 Å². The number of nitrogens with one attached hydrogen (secondary N) is 2. The zero-order chi connectivity index (χ0) is 43.3. The highest BCUT2D eigenvalue weighted by atomic mass is 16.5. The number of fused-ring (bicyclic) bond motifs is 2. The first-order valence-electron chi connectivity index (χ1n) is 19.5. The van der Waals surface area contributed by atoms with Crippen molar-refractivity contribution >= 4 is 45.0 Å². The predicted octanol–water partition coefficient (Wildman–Crippen LogP) is 10.3. The summed E-state index contributed by atoms with van der Waals surface area (Å²) in [5.41, 5.74) is 7.22. The Morgan fingerprint density at radius 3 is 1.21 bits per heavy atom. The van der Waals surface area contributed by atoms with Gasteiger partial charge in [0.2, 0.25) is 0 Å². The van der Waals surface area contributed by atoms with Gasteiger partial charge in [-0.05, 0) is 83.9 Å². The molecule has 0 atom stereocenters. The lowest BCUT2D eigenvalue weighted by Gasteiger charge is -2.16. The average molecular weight is 827 g/mol. The van der Waals surface area contributed by atoms with Crippen LogP contribution in [0.3, 0.4) is 0 Å². The van der Waals surface area contributed by atoms with Crippen molar-refractivity contribution in [3.8, 4) is 68.1 Å². The fourth-order valence-electron chi connectivity index (χ4n) is 7.35. The van der Waals surface area contributed by atoms with Gasteiger partial charge in [0.25, 0.3) is 11.8 Å².